The van der Waals surface area contributed by atoms with Crippen LogP contribution in [0.1, 0.15) is 44.6 Å². The molecule has 1 N–H and O–H groups in total. The Hall–Kier alpha value is -1.16. The normalized spacial score (nSPS) is 26.4. The predicted octanol–water partition coefficient (Wildman–Crippen LogP) is 2.60. The van der Waals surface area contributed by atoms with Crippen LogP contribution in [-0.4, -0.2) is 29.6 Å². The van der Waals surface area contributed by atoms with Crippen LogP contribution in [0.3, 0.4) is 0 Å². The molecule has 4 heteroatoms. The van der Waals surface area contributed by atoms with Crippen LogP contribution in [0.2, 0.25) is 0 Å². The summed E-state index contributed by atoms with van der Waals surface area (Å²) >= 11 is 0. The third-order valence-corrected chi connectivity index (χ3v) is 4.84. The van der Waals surface area contributed by atoms with Crippen LogP contribution >= 0.6 is 0 Å². The molecule has 2 heterocycles. The summed E-state index contributed by atoms with van der Waals surface area (Å²) in [6, 6.07) is 0. The highest BCUT2D eigenvalue weighted by atomic mass is 15.3. The molecule has 2 atom stereocenters. The van der Waals surface area contributed by atoms with Gasteiger partial charge in [0.25, 0.3) is 0 Å². The van der Waals surface area contributed by atoms with Gasteiger partial charge in [0, 0.05) is 37.6 Å². The molecule has 1 aliphatic carbocycles. The molecule has 1 aromatic rings. The van der Waals surface area contributed by atoms with Crippen LogP contribution < -0.4 is 10.2 Å². The number of anilines is 1. The molecule has 110 valence electrons. The topological polar surface area (TPSA) is 41.1 Å². The van der Waals surface area contributed by atoms with Gasteiger partial charge in [-0.2, -0.15) is 0 Å². The molecule has 0 amide bonds. The number of hydrogen-bond acceptors (Lipinski definition) is 4. The molecule has 2 aliphatic rings. The van der Waals surface area contributed by atoms with E-state index in [0.29, 0.717) is 0 Å². The van der Waals surface area contributed by atoms with Gasteiger partial charge in [-0.05, 0) is 31.2 Å². The Morgan fingerprint density at radius 2 is 1.90 bits per heavy atom. The molecule has 2 unspecified atom stereocenters. The molecule has 0 bridgehead atoms. The second-order valence-electron chi connectivity index (χ2n) is 6.21. The first-order valence-corrected chi connectivity index (χ1v) is 8.13. The standard InChI is InChI=1S/C16H26N4/c1-2-17-9-13-10-18-16(19-11-13)20-8-7-14-5-3-4-6-15(14)12-20/h10-11,14-15,17H,2-9,12H2,1H3. The molecule has 20 heavy (non-hydrogen) atoms. The molecular weight excluding hydrogens is 248 g/mol. The number of nitrogens with zero attached hydrogens (tertiary/aromatic N) is 3. The first-order valence-electron chi connectivity index (χ1n) is 8.13. The molecule has 1 saturated carbocycles. The quantitative estimate of drug-likeness (QED) is 0.916. The molecule has 0 aromatic carbocycles. The van der Waals surface area contributed by atoms with Crippen LogP contribution in [0.5, 0.6) is 0 Å². The minimum atomic E-state index is 0.863. The Morgan fingerprint density at radius 3 is 2.65 bits per heavy atom. The number of rotatable bonds is 4. The Labute approximate surface area is 122 Å². The zero-order valence-electron chi connectivity index (χ0n) is 12.5. The Balaban J connectivity index is 1.61. The summed E-state index contributed by atoms with van der Waals surface area (Å²) in [6.07, 6.45) is 11.0. The van der Waals surface area contributed by atoms with Gasteiger partial charge in [0.05, 0.1) is 0 Å². The summed E-state index contributed by atoms with van der Waals surface area (Å²) in [6.45, 7) is 6.26. The van der Waals surface area contributed by atoms with Crippen LogP contribution in [0.4, 0.5) is 5.95 Å². The average Bonchev–Trinajstić information content (AvgIpc) is 2.53. The zero-order valence-corrected chi connectivity index (χ0v) is 12.5. The van der Waals surface area contributed by atoms with E-state index in [1.165, 1.54) is 37.7 Å². The van der Waals surface area contributed by atoms with E-state index in [9.17, 15) is 0 Å². The molecule has 1 saturated heterocycles. The van der Waals surface area contributed by atoms with Gasteiger partial charge in [-0.25, -0.2) is 9.97 Å². The molecule has 0 spiro atoms. The van der Waals surface area contributed by atoms with Crippen molar-refractivity contribution in [2.24, 2.45) is 11.8 Å². The van der Waals surface area contributed by atoms with Crippen molar-refractivity contribution in [1.82, 2.24) is 15.3 Å². The Kier molecular flexibility index (Phi) is 4.51. The molecule has 0 radical (unpaired) electrons. The number of aromatic nitrogens is 2. The fourth-order valence-electron chi connectivity index (χ4n) is 3.65. The Morgan fingerprint density at radius 1 is 1.15 bits per heavy atom. The minimum Gasteiger partial charge on any atom is -0.341 e. The van der Waals surface area contributed by atoms with Crippen molar-refractivity contribution in [2.75, 3.05) is 24.5 Å². The monoisotopic (exact) mass is 274 g/mol. The Bertz CT molecular complexity index is 417. The summed E-state index contributed by atoms with van der Waals surface area (Å²) in [5, 5.41) is 3.31. The zero-order chi connectivity index (χ0) is 13.8. The number of piperidine rings is 1. The van der Waals surface area contributed by atoms with E-state index < -0.39 is 0 Å². The summed E-state index contributed by atoms with van der Waals surface area (Å²) in [5.74, 6) is 2.77. The maximum atomic E-state index is 4.57. The summed E-state index contributed by atoms with van der Waals surface area (Å²) in [5.41, 5.74) is 1.17. The largest absolute Gasteiger partial charge is 0.341 e. The van der Waals surface area contributed by atoms with Crippen molar-refractivity contribution in [3.8, 4) is 0 Å². The first-order chi connectivity index (χ1) is 9.86. The van der Waals surface area contributed by atoms with Gasteiger partial charge < -0.3 is 10.2 Å². The second kappa shape index (κ2) is 6.53. The number of hydrogen-bond donors (Lipinski definition) is 1. The van der Waals surface area contributed by atoms with E-state index in [0.717, 1.165) is 44.0 Å². The lowest BCUT2D eigenvalue weighted by molar-refractivity contribution is 0.201. The van der Waals surface area contributed by atoms with Crippen LogP contribution in [0.25, 0.3) is 0 Å². The lowest BCUT2D eigenvalue weighted by Crippen LogP contribution is -2.42. The van der Waals surface area contributed by atoms with E-state index in [-0.39, 0.29) is 0 Å². The van der Waals surface area contributed by atoms with Gasteiger partial charge in [-0.3, -0.25) is 0 Å². The average molecular weight is 274 g/mol. The van der Waals surface area contributed by atoms with E-state index in [4.69, 9.17) is 0 Å². The van der Waals surface area contributed by atoms with E-state index >= 15 is 0 Å². The summed E-state index contributed by atoms with van der Waals surface area (Å²) in [7, 11) is 0. The highest BCUT2D eigenvalue weighted by Gasteiger charge is 2.31. The van der Waals surface area contributed by atoms with Gasteiger partial charge >= 0.3 is 0 Å². The third kappa shape index (κ3) is 3.11. The number of nitrogens with one attached hydrogen (secondary N) is 1. The van der Waals surface area contributed by atoms with Crippen molar-refractivity contribution in [1.29, 1.82) is 0 Å². The minimum absolute atomic E-state index is 0.863. The van der Waals surface area contributed by atoms with Gasteiger partial charge in [-0.15, -0.1) is 0 Å². The van der Waals surface area contributed by atoms with E-state index in [2.05, 4.69) is 27.1 Å². The van der Waals surface area contributed by atoms with Crippen molar-refractivity contribution >= 4 is 5.95 Å². The SMILES string of the molecule is CCNCc1cnc(N2CCC3CCCCC3C2)nc1. The smallest absolute Gasteiger partial charge is 0.225 e. The van der Waals surface area contributed by atoms with Gasteiger partial charge in [0.1, 0.15) is 0 Å². The van der Waals surface area contributed by atoms with Gasteiger partial charge in [0.2, 0.25) is 5.95 Å². The van der Waals surface area contributed by atoms with Crippen molar-refractivity contribution in [3.05, 3.63) is 18.0 Å². The lowest BCUT2D eigenvalue weighted by Gasteiger charge is -2.41. The fraction of sp³-hybridized carbons (Fsp3) is 0.750. The molecule has 1 aliphatic heterocycles. The van der Waals surface area contributed by atoms with Crippen LogP contribution in [-0.2, 0) is 6.54 Å². The van der Waals surface area contributed by atoms with E-state index in [1.807, 2.05) is 12.4 Å². The van der Waals surface area contributed by atoms with Crippen molar-refractivity contribution in [3.63, 3.8) is 0 Å². The molecular formula is C16H26N4. The fourth-order valence-corrected chi connectivity index (χ4v) is 3.65. The third-order valence-electron chi connectivity index (χ3n) is 4.84. The first kappa shape index (κ1) is 13.8. The number of fused-ring (bicyclic) bond motifs is 1. The van der Waals surface area contributed by atoms with Crippen molar-refractivity contribution < 1.29 is 0 Å². The predicted molar refractivity (Wildman–Crippen MR) is 81.7 cm³/mol. The maximum absolute atomic E-state index is 4.57. The molecule has 1 aromatic heterocycles. The molecule has 2 fully saturated rings. The molecule has 3 rings (SSSR count). The second-order valence-corrected chi connectivity index (χ2v) is 6.21. The highest BCUT2D eigenvalue weighted by Crippen LogP contribution is 2.36. The van der Waals surface area contributed by atoms with Gasteiger partial charge in [-0.1, -0.05) is 26.2 Å². The summed E-state index contributed by atoms with van der Waals surface area (Å²) < 4.78 is 0. The maximum Gasteiger partial charge on any atom is 0.225 e. The highest BCUT2D eigenvalue weighted by molar-refractivity contribution is 5.31. The van der Waals surface area contributed by atoms with Crippen molar-refractivity contribution in [2.45, 2.75) is 45.6 Å². The van der Waals surface area contributed by atoms with Crippen LogP contribution in [0.15, 0.2) is 12.4 Å². The summed E-state index contributed by atoms with van der Waals surface area (Å²) in [4.78, 5) is 11.5. The lowest BCUT2D eigenvalue weighted by atomic mass is 9.75. The van der Waals surface area contributed by atoms with Gasteiger partial charge in [0.15, 0.2) is 0 Å². The van der Waals surface area contributed by atoms with Crippen LogP contribution in [0, 0.1) is 11.8 Å². The molecule has 4 nitrogen and oxygen atoms in total. The van der Waals surface area contributed by atoms with E-state index in [1.54, 1.807) is 0 Å².